The van der Waals surface area contributed by atoms with Crippen molar-refractivity contribution in [2.45, 2.75) is 24.9 Å². The van der Waals surface area contributed by atoms with E-state index in [2.05, 4.69) is 14.8 Å². The van der Waals surface area contributed by atoms with E-state index in [0.717, 1.165) is 4.57 Å². The number of alkyl halides is 1. The third-order valence-corrected chi connectivity index (χ3v) is 3.07. The molecule has 1 fully saturated rings. The second-order valence-corrected chi connectivity index (χ2v) is 4.53. The first-order valence-corrected chi connectivity index (χ1v) is 6.52. The molecular formula is C11H10FIN2O4. The quantitative estimate of drug-likeness (QED) is 0.555. The maximum Gasteiger partial charge on any atom is 0.330 e. The average Bonchev–Trinajstić information content (AvgIpc) is 2.74. The summed E-state index contributed by atoms with van der Waals surface area (Å²) in [6, 6.07) is 0. The lowest BCUT2D eigenvalue weighted by atomic mass is 10.2. The zero-order chi connectivity index (χ0) is 14.0. The van der Waals surface area contributed by atoms with Gasteiger partial charge in [-0.05, 0) is 9.85 Å². The molecule has 3 unspecified atom stereocenters. The Labute approximate surface area is 120 Å². The van der Waals surface area contributed by atoms with Crippen LogP contribution in [0.3, 0.4) is 0 Å². The fourth-order valence-corrected chi connectivity index (χ4v) is 2.15. The summed E-state index contributed by atoms with van der Waals surface area (Å²) in [6.45, 7) is -0.462. The van der Waals surface area contributed by atoms with Gasteiger partial charge in [0.1, 0.15) is 24.1 Å². The Balaban J connectivity index is 2.40. The molecular weight excluding hydrogens is 370 g/mol. The highest BCUT2D eigenvalue weighted by atomic mass is 127. The molecule has 0 aliphatic carbocycles. The van der Waals surface area contributed by atoms with E-state index < -0.39 is 36.4 Å². The van der Waals surface area contributed by atoms with E-state index in [0.29, 0.717) is 0 Å². The molecule has 0 saturated carbocycles. The number of H-pyrrole nitrogens is 1. The Kier molecular flexibility index (Phi) is 4.38. The first-order valence-electron chi connectivity index (χ1n) is 5.44. The van der Waals surface area contributed by atoms with E-state index >= 15 is 0 Å². The Morgan fingerprint density at radius 2 is 2.37 bits per heavy atom. The van der Waals surface area contributed by atoms with Crippen LogP contribution in [0.4, 0.5) is 4.39 Å². The summed E-state index contributed by atoms with van der Waals surface area (Å²) in [6.07, 6.45) is -1.99. The van der Waals surface area contributed by atoms with Crippen LogP contribution in [0.25, 0.3) is 0 Å². The fourth-order valence-electron chi connectivity index (χ4n) is 1.86. The number of aliphatic hydroxyl groups excluding tert-OH is 1. The summed E-state index contributed by atoms with van der Waals surface area (Å²) in [4.78, 5) is 25.2. The van der Waals surface area contributed by atoms with Gasteiger partial charge in [0.25, 0.3) is 5.56 Å². The lowest BCUT2D eigenvalue weighted by molar-refractivity contribution is -0.0356. The predicted molar refractivity (Wildman–Crippen MR) is 72.7 cm³/mol. The summed E-state index contributed by atoms with van der Waals surface area (Å²) < 4.78 is 22.3. The average molecular weight is 380 g/mol. The lowest BCUT2D eigenvalue weighted by Gasteiger charge is -2.14. The van der Waals surface area contributed by atoms with E-state index in [-0.39, 0.29) is 12.0 Å². The van der Waals surface area contributed by atoms with Gasteiger partial charge in [-0.3, -0.25) is 14.3 Å². The van der Waals surface area contributed by atoms with Crippen LogP contribution in [0.15, 0.2) is 15.8 Å². The van der Waals surface area contributed by atoms with Crippen LogP contribution in [-0.2, 0) is 4.74 Å². The van der Waals surface area contributed by atoms with Gasteiger partial charge in [0.2, 0.25) is 0 Å². The van der Waals surface area contributed by atoms with Crippen molar-refractivity contribution in [3.63, 3.8) is 0 Å². The van der Waals surface area contributed by atoms with Crippen LogP contribution in [0.5, 0.6) is 0 Å². The molecule has 8 heteroatoms. The van der Waals surface area contributed by atoms with Gasteiger partial charge in [0.05, 0.1) is 6.61 Å². The fraction of sp³-hybridized carbons (Fsp3) is 0.455. The Morgan fingerprint density at radius 1 is 1.63 bits per heavy atom. The van der Waals surface area contributed by atoms with Gasteiger partial charge in [0.15, 0.2) is 0 Å². The summed E-state index contributed by atoms with van der Waals surface area (Å²) >= 11 is 1.76. The molecule has 0 aromatic carbocycles. The standard InChI is InChI=1S/C11H10FIN2O4/c12-7-3-9(19-8(7)5-16)15-4-6(1-2-13)10(17)14-11(15)18/h4,7-9,16H,3,5H2,(H,14,17,18). The summed E-state index contributed by atoms with van der Waals surface area (Å²) in [5.74, 6) is 2.54. The maximum absolute atomic E-state index is 13.5. The van der Waals surface area contributed by atoms with Crippen molar-refractivity contribution in [3.8, 4) is 9.85 Å². The first-order chi connectivity index (χ1) is 9.06. The van der Waals surface area contributed by atoms with E-state index in [1.165, 1.54) is 6.20 Å². The number of nitrogens with zero attached hydrogens (tertiary/aromatic N) is 1. The van der Waals surface area contributed by atoms with Crippen molar-refractivity contribution in [2.24, 2.45) is 0 Å². The van der Waals surface area contributed by atoms with Crippen molar-refractivity contribution in [1.29, 1.82) is 0 Å². The molecule has 0 spiro atoms. The predicted octanol–water partition coefficient (Wildman–Crippen LogP) is -0.102. The molecule has 0 bridgehead atoms. The van der Waals surface area contributed by atoms with Gasteiger partial charge in [0, 0.05) is 35.2 Å². The lowest BCUT2D eigenvalue weighted by Crippen LogP contribution is -2.33. The van der Waals surface area contributed by atoms with Gasteiger partial charge in [-0.2, -0.15) is 0 Å². The molecule has 19 heavy (non-hydrogen) atoms. The van der Waals surface area contributed by atoms with Crippen molar-refractivity contribution < 1.29 is 14.2 Å². The van der Waals surface area contributed by atoms with E-state index in [1.807, 2.05) is 0 Å². The maximum atomic E-state index is 13.5. The van der Waals surface area contributed by atoms with Gasteiger partial charge in [-0.1, -0.05) is 0 Å². The Bertz CT molecular complexity index is 645. The van der Waals surface area contributed by atoms with Gasteiger partial charge >= 0.3 is 5.69 Å². The summed E-state index contributed by atoms with van der Waals surface area (Å²) in [5.41, 5.74) is -1.20. The zero-order valence-electron chi connectivity index (χ0n) is 9.60. The van der Waals surface area contributed by atoms with Crippen LogP contribution < -0.4 is 11.2 Å². The molecule has 1 aromatic rings. The van der Waals surface area contributed by atoms with Gasteiger partial charge in [-0.15, -0.1) is 0 Å². The van der Waals surface area contributed by atoms with Crippen molar-refractivity contribution in [1.82, 2.24) is 9.55 Å². The van der Waals surface area contributed by atoms with Crippen LogP contribution >= 0.6 is 22.6 Å². The molecule has 3 atom stereocenters. The van der Waals surface area contributed by atoms with Crippen LogP contribution in [0, 0.1) is 9.85 Å². The SMILES string of the molecule is O=c1[nH]c(=O)n(C2CC(F)C(CO)O2)cc1C#CI. The summed E-state index contributed by atoms with van der Waals surface area (Å²) in [5, 5.41) is 8.92. The van der Waals surface area contributed by atoms with Crippen LogP contribution in [0.2, 0.25) is 0 Å². The molecule has 2 N–H and O–H groups in total. The van der Waals surface area contributed by atoms with E-state index in [9.17, 15) is 14.0 Å². The summed E-state index contributed by atoms with van der Waals surface area (Å²) in [7, 11) is 0. The Hall–Kier alpha value is -1.18. The molecule has 2 rings (SSSR count). The Morgan fingerprint density at radius 3 is 2.95 bits per heavy atom. The smallest absolute Gasteiger partial charge is 0.330 e. The minimum Gasteiger partial charge on any atom is -0.394 e. The van der Waals surface area contributed by atoms with Crippen LogP contribution in [-0.4, -0.2) is 33.5 Å². The third-order valence-electron chi connectivity index (χ3n) is 2.80. The number of aromatic nitrogens is 2. The molecule has 1 aromatic heterocycles. The topological polar surface area (TPSA) is 84.3 Å². The largest absolute Gasteiger partial charge is 0.394 e. The second kappa shape index (κ2) is 5.85. The number of rotatable bonds is 2. The highest BCUT2D eigenvalue weighted by Crippen LogP contribution is 2.29. The molecule has 6 nitrogen and oxygen atoms in total. The molecule has 0 amide bonds. The highest BCUT2D eigenvalue weighted by molar-refractivity contribution is 14.1. The number of hydrogen-bond acceptors (Lipinski definition) is 4. The van der Waals surface area contributed by atoms with Crippen molar-refractivity contribution >= 4 is 22.6 Å². The number of halogens is 2. The highest BCUT2D eigenvalue weighted by Gasteiger charge is 2.36. The third kappa shape index (κ3) is 2.88. The van der Waals surface area contributed by atoms with Crippen molar-refractivity contribution in [3.05, 3.63) is 32.6 Å². The number of ether oxygens (including phenoxy) is 1. The molecule has 1 aliphatic rings. The van der Waals surface area contributed by atoms with E-state index in [1.54, 1.807) is 22.6 Å². The first kappa shape index (κ1) is 14.2. The number of aromatic amines is 1. The molecule has 0 radical (unpaired) electrons. The van der Waals surface area contributed by atoms with Gasteiger partial charge in [-0.25, -0.2) is 9.18 Å². The van der Waals surface area contributed by atoms with Gasteiger partial charge < -0.3 is 9.84 Å². The van der Waals surface area contributed by atoms with Crippen LogP contribution in [0.1, 0.15) is 18.2 Å². The number of hydrogen-bond donors (Lipinski definition) is 2. The molecule has 102 valence electrons. The monoisotopic (exact) mass is 380 g/mol. The molecule has 1 aliphatic heterocycles. The zero-order valence-corrected chi connectivity index (χ0v) is 11.8. The number of aliphatic hydroxyl groups is 1. The second-order valence-electron chi connectivity index (χ2n) is 3.99. The van der Waals surface area contributed by atoms with Crippen molar-refractivity contribution in [2.75, 3.05) is 6.61 Å². The normalized spacial score (nSPS) is 25.9. The van der Waals surface area contributed by atoms with E-state index in [4.69, 9.17) is 9.84 Å². The molecule has 1 saturated heterocycles. The minimum absolute atomic E-state index is 0.0612. The number of nitrogens with one attached hydrogen (secondary N) is 1. The minimum atomic E-state index is -1.35. The molecule has 2 heterocycles.